The van der Waals surface area contributed by atoms with Crippen LogP contribution in [-0.4, -0.2) is 10.9 Å². The van der Waals surface area contributed by atoms with Crippen LogP contribution in [0.4, 0.5) is 13.2 Å². The average Bonchev–Trinajstić information content (AvgIpc) is 2.64. The molecule has 138 valence electrons. The summed E-state index contributed by atoms with van der Waals surface area (Å²) in [4.78, 5) is 16.2. The maximum absolute atomic E-state index is 13.9. The highest BCUT2D eigenvalue weighted by molar-refractivity contribution is 5.96. The molecule has 0 aliphatic carbocycles. The number of nitrogens with zero attached hydrogens (tertiary/aromatic N) is 1. The van der Waals surface area contributed by atoms with Crippen molar-refractivity contribution < 1.29 is 22.7 Å². The van der Waals surface area contributed by atoms with Crippen molar-refractivity contribution in [2.24, 2.45) is 0 Å². The molecular formula is C20H15F3N2O2. The van der Waals surface area contributed by atoms with Crippen LogP contribution in [0.2, 0.25) is 0 Å². The highest BCUT2D eigenvalue weighted by Gasteiger charge is 2.17. The zero-order valence-corrected chi connectivity index (χ0v) is 14.3. The van der Waals surface area contributed by atoms with E-state index in [9.17, 15) is 18.0 Å². The molecule has 0 spiro atoms. The van der Waals surface area contributed by atoms with E-state index < -0.39 is 23.4 Å². The second-order valence-corrected chi connectivity index (χ2v) is 5.84. The number of nitrogens with one attached hydrogen (secondary N) is 1. The van der Waals surface area contributed by atoms with Crippen LogP contribution in [0.1, 0.15) is 21.5 Å². The standard InChI is InChI=1S/C20H15F3N2O2/c1-12-2-3-13(18(23)8-12)10-24-19(26)17-9-15(22)11-25-20(17)27-16-6-4-14(21)5-7-16/h2-9,11H,10H2,1H3,(H,24,26). The van der Waals surface area contributed by atoms with Gasteiger partial charge >= 0.3 is 0 Å². The molecular weight excluding hydrogens is 357 g/mol. The van der Waals surface area contributed by atoms with Crippen molar-refractivity contribution in [2.45, 2.75) is 13.5 Å². The van der Waals surface area contributed by atoms with E-state index in [1.165, 1.54) is 30.3 Å². The van der Waals surface area contributed by atoms with Crippen molar-refractivity contribution in [3.8, 4) is 11.6 Å². The first-order valence-corrected chi connectivity index (χ1v) is 8.04. The van der Waals surface area contributed by atoms with Crippen LogP contribution >= 0.6 is 0 Å². The van der Waals surface area contributed by atoms with Gasteiger partial charge in [0.25, 0.3) is 5.91 Å². The van der Waals surface area contributed by atoms with Gasteiger partial charge in [-0.05, 0) is 48.9 Å². The van der Waals surface area contributed by atoms with E-state index in [0.29, 0.717) is 5.56 Å². The molecule has 0 unspecified atom stereocenters. The van der Waals surface area contributed by atoms with Gasteiger partial charge in [0.15, 0.2) is 0 Å². The van der Waals surface area contributed by atoms with Gasteiger partial charge in [-0.2, -0.15) is 0 Å². The SMILES string of the molecule is Cc1ccc(CNC(=O)c2cc(F)cnc2Oc2ccc(F)cc2)c(F)c1. The fourth-order valence-electron chi connectivity index (χ4n) is 2.35. The third-order valence-corrected chi connectivity index (χ3v) is 3.74. The summed E-state index contributed by atoms with van der Waals surface area (Å²) in [6, 6.07) is 10.7. The molecule has 0 atom stereocenters. The summed E-state index contributed by atoms with van der Waals surface area (Å²) >= 11 is 0. The smallest absolute Gasteiger partial charge is 0.257 e. The van der Waals surface area contributed by atoms with Crippen LogP contribution in [0.25, 0.3) is 0 Å². The van der Waals surface area contributed by atoms with E-state index in [1.807, 2.05) is 0 Å². The van der Waals surface area contributed by atoms with Crippen LogP contribution in [0.3, 0.4) is 0 Å². The summed E-state index contributed by atoms with van der Waals surface area (Å²) in [5.41, 5.74) is 0.887. The first-order valence-electron chi connectivity index (χ1n) is 8.04. The number of aryl methyl sites for hydroxylation is 1. The number of amides is 1. The highest BCUT2D eigenvalue weighted by atomic mass is 19.1. The number of aromatic nitrogens is 1. The van der Waals surface area contributed by atoms with E-state index in [2.05, 4.69) is 10.3 Å². The Morgan fingerprint density at radius 2 is 1.78 bits per heavy atom. The normalized spacial score (nSPS) is 10.5. The van der Waals surface area contributed by atoms with Crippen LogP contribution in [0, 0.1) is 24.4 Å². The number of ether oxygens (including phenoxy) is 1. The van der Waals surface area contributed by atoms with Gasteiger partial charge < -0.3 is 10.1 Å². The molecule has 27 heavy (non-hydrogen) atoms. The Hall–Kier alpha value is -3.35. The molecule has 2 aromatic carbocycles. The van der Waals surface area contributed by atoms with Gasteiger partial charge in [-0.25, -0.2) is 18.2 Å². The molecule has 1 amide bonds. The summed E-state index contributed by atoms with van der Waals surface area (Å²) < 4.78 is 45.9. The molecule has 3 aromatic rings. The van der Waals surface area contributed by atoms with E-state index in [1.54, 1.807) is 19.1 Å². The Kier molecular flexibility index (Phi) is 5.40. The molecule has 0 aliphatic heterocycles. The number of carbonyl (C=O) groups is 1. The second kappa shape index (κ2) is 7.90. The van der Waals surface area contributed by atoms with Crippen molar-refractivity contribution in [3.63, 3.8) is 0 Å². The predicted molar refractivity (Wildman–Crippen MR) is 93.0 cm³/mol. The van der Waals surface area contributed by atoms with Gasteiger partial charge in [0.05, 0.1) is 6.20 Å². The molecule has 0 saturated heterocycles. The Morgan fingerprint density at radius 3 is 2.48 bits per heavy atom. The first-order chi connectivity index (χ1) is 12.9. The third kappa shape index (κ3) is 4.63. The summed E-state index contributed by atoms with van der Waals surface area (Å²) in [6.07, 6.45) is 0.898. The van der Waals surface area contributed by atoms with Crippen molar-refractivity contribution in [3.05, 3.63) is 88.9 Å². The Morgan fingerprint density at radius 1 is 1.04 bits per heavy atom. The Bertz CT molecular complexity index is 975. The van der Waals surface area contributed by atoms with Crippen molar-refractivity contribution in [1.29, 1.82) is 0 Å². The molecule has 0 saturated carbocycles. The zero-order valence-electron chi connectivity index (χ0n) is 14.3. The Labute approximate surface area is 153 Å². The lowest BCUT2D eigenvalue weighted by atomic mass is 10.1. The van der Waals surface area contributed by atoms with Crippen LogP contribution < -0.4 is 10.1 Å². The highest BCUT2D eigenvalue weighted by Crippen LogP contribution is 2.24. The van der Waals surface area contributed by atoms with Gasteiger partial charge in [0, 0.05) is 12.1 Å². The summed E-state index contributed by atoms with van der Waals surface area (Å²) in [6.45, 7) is 1.67. The summed E-state index contributed by atoms with van der Waals surface area (Å²) in [7, 11) is 0. The Balaban J connectivity index is 1.79. The lowest BCUT2D eigenvalue weighted by molar-refractivity contribution is 0.0947. The molecule has 1 heterocycles. The number of pyridine rings is 1. The van der Waals surface area contributed by atoms with Crippen LogP contribution in [0.5, 0.6) is 11.6 Å². The van der Waals surface area contributed by atoms with Gasteiger partial charge in [-0.15, -0.1) is 0 Å². The fourth-order valence-corrected chi connectivity index (χ4v) is 2.35. The first kappa shape index (κ1) is 18.4. The predicted octanol–water partition coefficient (Wildman–Crippen LogP) is 4.53. The molecule has 4 nitrogen and oxygen atoms in total. The maximum atomic E-state index is 13.9. The topological polar surface area (TPSA) is 51.2 Å². The lowest BCUT2D eigenvalue weighted by Crippen LogP contribution is -2.24. The third-order valence-electron chi connectivity index (χ3n) is 3.74. The number of rotatable bonds is 5. The molecule has 0 fully saturated rings. The molecule has 0 bridgehead atoms. The fraction of sp³-hybridized carbons (Fsp3) is 0.100. The number of hydrogen-bond acceptors (Lipinski definition) is 3. The minimum Gasteiger partial charge on any atom is -0.438 e. The van der Waals surface area contributed by atoms with Crippen molar-refractivity contribution >= 4 is 5.91 Å². The van der Waals surface area contributed by atoms with E-state index in [0.717, 1.165) is 17.8 Å². The van der Waals surface area contributed by atoms with Gasteiger partial charge in [0.1, 0.15) is 28.8 Å². The van der Waals surface area contributed by atoms with Crippen molar-refractivity contribution in [2.75, 3.05) is 0 Å². The van der Waals surface area contributed by atoms with E-state index >= 15 is 0 Å². The van der Waals surface area contributed by atoms with Gasteiger partial charge in [0.2, 0.25) is 5.88 Å². The molecule has 1 aromatic heterocycles. The van der Waals surface area contributed by atoms with Crippen molar-refractivity contribution in [1.82, 2.24) is 10.3 Å². The molecule has 7 heteroatoms. The second-order valence-electron chi connectivity index (χ2n) is 5.84. The quantitative estimate of drug-likeness (QED) is 0.716. The van der Waals surface area contributed by atoms with Crippen LogP contribution in [-0.2, 0) is 6.54 Å². The summed E-state index contributed by atoms with van der Waals surface area (Å²) in [5, 5.41) is 2.51. The largest absolute Gasteiger partial charge is 0.438 e. The molecule has 0 aliphatic rings. The number of carbonyl (C=O) groups excluding carboxylic acids is 1. The number of halogens is 3. The zero-order chi connectivity index (χ0) is 19.4. The number of benzene rings is 2. The molecule has 1 N–H and O–H groups in total. The maximum Gasteiger partial charge on any atom is 0.257 e. The lowest BCUT2D eigenvalue weighted by Gasteiger charge is -2.11. The van der Waals surface area contributed by atoms with Gasteiger partial charge in [-0.1, -0.05) is 12.1 Å². The molecule has 0 radical (unpaired) electrons. The minimum absolute atomic E-state index is 0.0859. The monoisotopic (exact) mass is 372 g/mol. The summed E-state index contributed by atoms with van der Waals surface area (Å²) in [5.74, 6) is -2.23. The molecule has 3 rings (SSSR count). The van der Waals surface area contributed by atoms with E-state index in [-0.39, 0.29) is 23.7 Å². The minimum atomic E-state index is -0.729. The van der Waals surface area contributed by atoms with Gasteiger partial charge in [-0.3, -0.25) is 4.79 Å². The van der Waals surface area contributed by atoms with Crippen LogP contribution in [0.15, 0.2) is 54.7 Å². The van der Waals surface area contributed by atoms with E-state index in [4.69, 9.17) is 4.74 Å². The number of hydrogen-bond donors (Lipinski definition) is 1. The average molecular weight is 372 g/mol.